The Morgan fingerprint density at radius 2 is 1.90 bits per heavy atom. The number of rotatable bonds is 9. The highest BCUT2D eigenvalue weighted by molar-refractivity contribution is 5.83. The van der Waals surface area contributed by atoms with Crippen LogP contribution in [0, 0.1) is 17.0 Å². The van der Waals surface area contributed by atoms with Crippen LogP contribution in [0.3, 0.4) is 0 Å². The zero-order valence-electron chi connectivity index (χ0n) is 17.4. The van der Waals surface area contributed by atoms with Crippen molar-refractivity contribution in [1.29, 1.82) is 0 Å². The van der Waals surface area contributed by atoms with Gasteiger partial charge in [-0.25, -0.2) is 4.79 Å². The predicted octanol–water partition coefficient (Wildman–Crippen LogP) is 4.47. The molecule has 0 atom stereocenters. The van der Waals surface area contributed by atoms with Crippen molar-refractivity contribution >= 4 is 22.6 Å². The maximum Gasteiger partial charge on any atom is 0.336 e. The molecular formula is C23H23NO7. The Bertz CT molecular complexity index is 1150. The number of nitro benzene ring substituents is 1. The van der Waals surface area contributed by atoms with E-state index in [0.717, 1.165) is 28.5 Å². The number of non-ortho nitro benzene ring substituents is 1. The first-order chi connectivity index (χ1) is 14.9. The summed E-state index contributed by atoms with van der Waals surface area (Å²) in [4.78, 5) is 34.1. The van der Waals surface area contributed by atoms with Crippen molar-refractivity contribution in [2.75, 3.05) is 6.61 Å². The van der Waals surface area contributed by atoms with Crippen LogP contribution in [0.2, 0.25) is 0 Å². The number of aryl methyl sites for hydroxylation is 2. The molecule has 162 valence electrons. The Labute approximate surface area is 178 Å². The minimum absolute atomic E-state index is 0.00186. The molecule has 0 radical (unpaired) electrons. The van der Waals surface area contributed by atoms with Gasteiger partial charge in [-0.1, -0.05) is 6.92 Å². The summed E-state index contributed by atoms with van der Waals surface area (Å²) in [6.07, 6.45) is 1.34. The molecule has 0 bridgehead atoms. The van der Waals surface area contributed by atoms with Gasteiger partial charge in [0.15, 0.2) is 0 Å². The second-order valence-corrected chi connectivity index (χ2v) is 7.14. The van der Waals surface area contributed by atoms with E-state index in [1.807, 2.05) is 19.9 Å². The number of carbonyl (C=O) groups is 1. The topological polar surface area (TPSA) is 109 Å². The molecule has 8 nitrogen and oxygen atoms in total. The molecule has 1 heterocycles. The van der Waals surface area contributed by atoms with Gasteiger partial charge < -0.3 is 13.9 Å². The quantitative estimate of drug-likeness (QED) is 0.215. The smallest absolute Gasteiger partial charge is 0.336 e. The van der Waals surface area contributed by atoms with Gasteiger partial charge in [0.1, 0.15) is 17.9 Å². The van der Waals surface area contributed by atoms with E-state index >= 15 is 0 Å². The number of carbonyl (C=O) groups excluding carboxylic acids is 1. The molecule has 0 fully saturated rings. The fourth-order valence-electron chi connectivity index (χ4n) is 3.12. The average Bonchev–Trinajstić information content (AvgIpc) is 2.74. The Hall–Kier alpha value is -3.68. The summed E-state index contributed by atoms with van der Waals surface area (Å²) in [7, 11) is 0. The summed E-state index contributed by atoms with van der Waals surface area (Å²) in [5, 5.41) is 11.6. The molecule has 1 aromatic heterocycles. The lowest BCUT2D eigenvalue weighted by Gasteiger charge is -2.13. The van der Waals surface area contributed by atoms with Gasteiger partial charge in [-0.15, -0.1) is 0 Å². The van der Waals surface area contributed by atoms with Crippen LogP contribution in [-0.2, 0) is 22.6 Å². The third-order valence-electron chi connectivity index (χ3n) is 4.74. The van der Waals surface area contributed by atoms with Crippen LogP contribution in [0.1, 0.15) is 36.5 Å². The van der Waals surface area contributed by atoms with E-state index in [-0.39, 0.29) is 24.7 Å². The van der Waals surface area contributed by atoms with E-state index in [9.17, 15) is 19.7 Å². The lowest BCUT2D eigenvalue weighted by Crippen LogP contribution is -2.08. The number of ether oxygens (including phenoxy) is 2. The predicted molar refractivity (Wildman–Crippen MR) is 114 cm³/mol. The van der Waals surface area contributed by atoms with Crippen LogP contribution in [0.15, 0.2) is 51.7 Å². The van der Waals surface area contributed by atoms with E-state index in [1.54, 1.807) is 18.2 Å². The summed E-state index contributed by atoms with van der Waals surface area (Å²) >= 11 is 0. The van der Waals surface area contributed by atoms with Crippen molar-refractivity contribution in [2.45, 2.75) is 39.7 Å². The third-order valence-corrected chi connectivity index (χ3v) is 4.74. The second kappa shape index (κ2) is 9.88. The van der Waals surface area contributed by atoms with Crippen LogP contribution >= 0.6 is 0 Å². The summed E-state index contributed by atoms with van der Waals surface area (Å²) in [6.45, 7) is 4.28. The standard InChI is InChI=1S/C23H23NO7/c1-3-10-29-22(25)9-6-17-12-19-15(2)11-23(26)31-21(19)13-20(17)30-14-16-4-7-18(8-5-16)24(27)28/h4-5,7-8,11-13H,3,6,9-10,14H2,1-2H3. The Morgan fingerprint density at radius 3 is 2.58 bits per heavy atom. The van der Waals surface area contributed by atoms with E-state index in [2.05, 4.69) is 0 Å². The average molecular weight is 425 g/mol. The highest BCUT2D eigenvalue weighted by atomic mass is 16.6. The van der Waals surface area contributed by atoms with Crippen molar-refractivity contribution in [3.8, 4) is 5.75 Å². The van der Waals surface area contributed by atoms with Gasteiger partial charge in [0, 0.05) is 36.1 Å². The Balaban J connectivity index is 1.86. The van der Waals surface area contributed by atoms with E-state index < -0.39 is 10.5 Å². The van der Waals surface area contributed by atoms with Gasteiger partial charge in [0.2, 0.25) is 0 Å². The molecule has 2 aromatic carbocycles. The number of benzene rings is 2. The lowest BCUT2D eigenvalue weighted by molar-refractivity contribution is -0.384. The molecule has 0 aliphatic heterocycles. The first-order valence-corrected chi connectivity index (χ1v) is 9.96. The number of esters is 1. The summed E-state index contributed by atoms with van der Waals surface area (Å²) in [6, 6.07) is 11.0. The van der Waals surface area contributed by atoms with Gasteiger partial charge in [0.05, 0.1) is 11.5 Å². The van der Waals surface area contributed by atoms with Crippen molar-refractivity contribution < 1.29 is 23.6 Å². The molecule has 0 aliphatic carbocycles. The fourth-order valence-corrected chi connectivity index (χ4v) is 3.12. The summed E-state index contributed by atoms with van der Waals surface area (Å²) in [5.74, 6) is 0.183. The Morgan fingerprint density at radius 1 is 1.16 bits per heavy atom. The SMILES string of the molecule is CCCOC(=O)CCc1cc2c(C)cc(=O)oc2cc1OCc1ccc([N+](=O)[O-])cc1. The molecule has 0 unspecified atom stereocenters. The summed E-state index contributed by atoms with van der Waals surface area (Å²) in [5.41, 5.74) is 2.22. The van der Waals surface area contributed by atoms with Gasteiger partial charge in [0.25, 0.3) is 5.69 Å². The van der Waals surface area contributed by atoms with Gasteiger partial charge >= 0.3 is 11.6 Å². The van der Waals surface area contributed by atoms with Gasteiger partial charge in [-0.3, -0.25) is 14.9 Å². The van der Waals surface area contributed by atoms with Crippen molar-refractivity contribution in [1.82, 2.24) is 0 Å². The second-order valence-electron chi connectivity index (χ2n) is 7.14. The number of nitro groups is 1. The van der Waals surface area contributed by atoms with Gasteiger partial charge in [-0.2, -0.15) is 0 Å². The van der Waals surface area contributed by atoms with Crippen LogP contribution in [0.5, 0.6) is 5.75 Å². The number of hydrogen-bond donors (Lipinski definition) is 0. The monoisotopic (exact) mass is 425 g/mol. The highest BCUT2D eigenvalue weighted by Gasteiger charge is 2.14. The Kier molecular flexibility index (Phi) is 7.02. The highest BCUT2D eigenvalue weighted by Crippen LogP contribution is 2.29. The number of nitrogens with zero attached hydrogens (tertiary/aromatic N) is 1. The molecule has 0 aliphatic rings. The largest absolute Gasteiger partial charge is 0.488 e. The van der Waals surface area contributed by atoms with E-state index in [1.165, 1.54) is 18.2 Å². The molecule has 0 N–H and O–H groups in total. The van der Waals surface area contributed by atoms with Crippen LogP contribution in [0.25, 0.3) is 11.0 Å². The van der Waals surface area contributed by atoms with Crippen molar-refractivity contribution in [3.63, 3.8) is 0 Å². The van der Waals surface area contributed by atoms with E-state index in [0.29, 0.717) is 24.4 Å². The normalized spacial score (nSPS) is 10.8. The number of fused-ring (bicyclic) bond motifs is 1. The molecule has 0 spiro atoms. The molecular weight excluding hydrogens is 402 g/mol. The van der Waals surface area contributed by atoms with E-state index in [4.69, 9.17) is 13.9 Å². The maximum absolute atomic E-state index is 12.0. The first kappa shape index (κ1) is 22.0. The third kappa shape index (κ3) is 5.69. The van der Waals surface area contributed by atoms with Crippen LogP contribution < -0.4 is 10.4 Å². The lowest BCUT2D eigenvalue weighted by atomic mass is 10.0. The van der Waals surface area contributed by atoms with Gasteiger partial charge in [-0.05, 0) is 54.7 Å². The minimum atomic E-state index is -0.464. The van der Waals surface area contributed by atoms with Crippen LogP contribution in [-0.4, -0.2) is 17.5 Å². The van der Waals surface area contributed by atoms with Crippen molar-refractivity contribution in [2.24, 2.45) is 0 Å². The molecule has 0 saturated heterocycles. The minimum Gasteiger partial charge on any atom is -0.488 e. The molecule has 31 heavy (non-hydrogen) atoms. The zero-order chi connectivity index (χ0) is 22.4. The molecule has 3 rings (SSSR count). The molecule has 3 aromatic rings. The fraction of sp³-hybridized carbons (Fsp3) is 0.304. The summed E-state index contributed by atoms with van der Waals surface area (Å²) < 4.78 is 16.4. The van der Waals surface area contributed by atoms with Crippen LogP contribution in [0.4, 0.5) is 5.69 Å². The van der Waals surface area contributed by atoms with Crippen molar-refractivity contribution in [3.05, 3.63) is 79.7 Å². The first-order valence-electron chi connectivity index (χ1n) is 9.96. The number of hydrogen-bond acceptors (Lipinski definition) is 7. The maximum atomic E-state index is 12.0. The molecule has 0 saturated carbocycles. The molecule has 0 amide bonds. The zero-order valence-corrected chi connectivity index (χ0v) is 17.4. The molecule has 8 heteroatoms.